The van der Waals surface area contributed by atoms with Crippen LogP contribution < -0.4 is 5.32 Å². The van der Waals surface area contributed by atoms with Gasteiger partial charge in [0.2, 0.25) is 5.91 Å². The maximum atomic E-state index is 12.0. The number of rotatable bonds is 3. The molecule has 2 rings (SSSR count). The van der Waals surface area contributed by atoms with E-state index in [0.29, 0.717) is 5.91 Å². The Balaban J connectivity index is 1.99. The summed E-state index contributed by atoms with van der Waals surface area (Å²) in [4.78, 5) is 16.2. The van der Waals surface area contributed by atoms with Gasteiger partial charge in [-0.2, -0.15) is 0 Å². The van der Waals surface area contributed by atoms with Gasteiger partial charge in [0.15, 0.2) is 0 Å². The number of amides is 1. The highest BCUT2D eigenvalue weighted by molar-refractivity contribution is 5.91. The zero-order chi connectivity index (χ0) is 11.3. The van der Waals surface area contributed by atoms with Gasteiger partial charge in [-0.15, -0.1) is 0 Å². The summed E-state index contributed by atoms with van der Waals surface area (Å²) in [5.41, 5.74) is -0.111. The molecule has 86 valence electrons. The Morgan fingerprint density at radius 3 is 2.47 bits per heavy atom. The second-order valence-corrected chi connectivity index (χ2v) is 5.63. The van der Waals surface area contributed by atoms with Crippen molar-refractivity contribution in [2.45, 2.75) is 37.8 Å². The lowest BCUT2D eigenvalue weighted by molar-refractivity contribution is -0.131. The predicted octanol–water partition coefficient (Wildman–Crippen LogP) is 0.248. The molecule has 1 saturated heterocycles. The number of likely N-dealkylation sites (N-methyl/N-ethyl adjacent to an activating group) is 1. The maximum Gasteiger partial charge on any atom is 0.244 e. The van der Waals surface area contributed by atoms with Crippen molar-refractivity contribution >= 4 is 5.91 Å². The van der Waals surface area contributed by atoms with E-state index in [0.717, 1.165) is 26.1 Å². The Kier molecular flexibility index (Phi) is 2.32. The monoisotopic (exact) mass is 211 g/mol. The molecule has 1 amide bonds. The summed E-state index contributed by atoms with van der Waals surface area (Å²) in [5, 5.41) is 3.33. The van der Waals surface area contributed by atoms with Crippen LogP contribution in [0.25, 0.3) is 0 Å². The van der Waals surface area contributed by atoms with Crippen molar-refractivity contribution < 1.29 is 4.79 Å². The molecule has 0 radical (unpaired) electrons. The van der Waals surface area contributed by atoms with Crippen LogP contribution in [0.2, 0.25) is 0 Å². The Labute approximate surface area is 91.6 Å². The molecule has 0 unspecified atom stereocenters. The lowest BCUT2D eigenvalue weighted by Gasteiger charge is -2.36. The highest BCUT2D eigenvalue weighted by Crippen LogP contribution is 2.40. The number of nitrogens with zero attached hydrogens (tertiary/aromatic N) is 2. The minimum atomic E-state index is -0.150. The van der Waals surface area contributed by atoms with Gasteiger partial charge in [-0.3, -0.25) is 10.1 Å². The third kappa shape index (κ3) is 1.76. The third-order valence-electron chi connectivity index (χ3n) is 3.84. The molecule has 2 fully saturated rings. The molecule has 15 heavy (non-hydrogen) atoms. The third-order valence-corrected chi connectivity index (χ3v) is 3.84. The van der Waals surface area contributed by atoms with E-state index in [4.69, 9.17) is 0 Å². The van der Waals surface area contributed by atoms with Crippen LogP contribution >= 0.6 is 0 Å². The first-order valence-corrected chi connectivity index (χ1v) is 5.59. The standard InChI is InChI=1S/C11H21N3O/c1-10(2,13(3)4)7-14-8-12-11(5-6-11)9(14)15/h12H,5-8H2,1-4H3. The molecule has 1 heterocycles. The van der Waals surface area contributed by atoms with Gasteiger partial charge < -0.3 is 9.80 Å². The van der Waals surface area contributed by atoms with Gasteiger partial charge in [0.05, 0.1) is 12.2 Å². The molecule has 4 heteroatoms. The molecular weight excluding hydrogens is 190 g/mol. The number of carbonyl (C=O) groups is 1. The van der Waals surface area contributed by atoms with Crippen molar-refractivity contribution in [2.75, 3.05) is 27.3 Å². The summed E-state index contributed by atoms with van der Waals surface area (Å²) in [6.07, 6.45) is 2.04. The van der Waals surface area contributed by atoms with Gasteiger partial charge in [0.25, 0.3) is 0 Å². The number of hydrogen-bond donors (Lipinski definition) is 1. The highest BCUT2D eigenvalue weighted by Gasteiger charge is 2.56. The second-order valence-electron chi connectivity index (χ2n) is 5.63. The van der Waals surface area contributed by atoms with Crippen LogP contribution in [0.1, 0.15) is 26.7 Å². The number of carbonyl (C=O) groups excluding carboxylic acids is 1. The van der Waals surface area contributed by atoms with E-state index in [2.05, 4.69) is 38.2 Å². The van der Waals surface area contributed by atoms with Crippen LogP contribution in [0, 0.1) is 0 Å². The minimum Gasteiger partial charge on any atom is -0.326 e. The summed E-state index contributed by atoms with van der Waals surface area (Å²) in [6, 6.07) is 0. The van der Waals surface area contributed by atoms with Gasteiger partial charge in [-0.1, -0.05) is 0 Å². The average molecular weight is 211 g/mol. The van der Waals surface area contributed by atoms with Crippen molar-refractivity contribution in [1.29, 1.82) is 0 Å². The van der Waals surface area contributed by atoms with E-state index >= 15 is 0 Å². The van der Waals surface area contributed by atoms with Gasteiger partial charge in [0.1, 0.15) is 0 Å². The van der Waals surface area contributed by atoms with Gasteiger partial charge in [0, 0.05) is 12.1 Å². The molecule has 1 spiro atoms. The average Bonchev–Trinajstić information content (AvgIpc) is 2.86. The van der Waals surface area contributed by atoms with Gasteiger partial charge in [-0.25, -0.2) is 0 Å². The van der Waals surface area contributed by atoms with E-state index in [1.165, 1.54) is 0 Å². The molecule has 1 aliphatic heterocycles. The smallest absolute Gasteiger partial charge is 0.244 e. The summed E-state index contributed by atoms with van der Waals surface area (Å²) in [5.74, 6) is 0.303. The SMILES string of the molecule is CN(C)C(C)(C)CN1CNC2(CC2)C1=O. The van der Waals surface area contributed by atoms with E-state index in [1.54, 1.807) is 0 Å². The Hall–Kier alpha value is -0.610. The van der Waals surface area contributed by atoms with Crippen LogP contribution in [0.5, 0.6) is 0 Å². The number of hydrogen-bond acceptors (Lipinski definition) is 3. The molecule has 0 bridgehead atoms. The van der Waals surface area contributed by atoms with E-state index < -0.39 is 0 Å². The van der Waals surface area contributed by atoms with Crippen LogP contribution in [0.3, 0.4) is 0 Å². The molecule has 1 N–H and O–H groups in total. The predicted molar refractivity (Wildman–Crippen MR) is 59.4 cm³/mol. The second kappa shape index (κ2) is 3.19. The molecule has 0 aromatic carbocycles. The summed E-state index contributed by atoms with van der Waals surface area (Å²) in [7, 11) is 4.11. The first-order valence-electron chi connectivity index (χ1n) is 5.59. The lowest BCUT2D eigenvalue weighted by Crippen LogP contribution is -2.49. The van der Waals surface area contributed by atoms with Gasteiger partial charge in [-0.05, 0) is 40.8 Å². The fraction of sp³-hybridized carbons (Fsp3) is 0.909. The first kappa shape index (κ1) is 10.9. The van der Waals surface area contributed by atoms with Crippen molar-refractivity contribution in [1.82, 2.24) is 15.1 Å². The van der Waals surface area contributed by atoms with E-state index in [9.17, 15) is 4.79 Å². The Bertz CT molecular complexity index is 282. The van der Waals surface area contributed by atoms with Crippen molar-refractivity contribution in [3.63, 3.8) is 0 Å². The highest BCUT2D eigenvalue weighted by atomic mass is 16.2. The molecule has 0 aromatic heterocycles. The molecule has 0 aromatic rings. The van der Waals surface area contributed by atoms with E-state index in [1.807, 2.05) is 4.90 Å². The molecule has 1 saturated carbocycles. The molecule has 4 nitrogen and oxygen atoms in total. The zero-order valence-corrected chi connectivity index (χ0v) is 10.1. The van der Waals surface area contributed by atoms with Crippen LogP contribution in [0.15, 0.2) is 0 Å². The molecule has 1 aliphatic carbocycles. The Morgan fingerprint density at radius 1 is 1.47 bits per heavy atom. The van der Waals surface area contributed by atoms with Crippen molar-refractivity contribution in [2.24, 2.45) is 0 Å². The fourth-order valence-electron chi connectivity index (χ4n) is 1.95. The van der Waals surface area contributed by atoms with Crippen molar-refractivity contribution in [3.8, 4) is 0 Å². The van der Waals surface area contributed by atoms with Crippen LogP contribution in [0.4, 0.5) is 0 Å². The quantitative estimate of drug-likeness (QED) is 0.727. The normalized spacial score (nSPS) is 24.3. The molecular formula is C11H21N3O. The zero-order valence-electron chi connectivity index (χ0n) is 10.1. The van der Waals surface area contributed by atoms with Crippen LogP contribution in [-0.2, 0) is 4.79 Å². The largest absolute Gasteiger partial charge is 0.326 e. The fourth-order valence-corrected chi connectivity index (χ4v) is 1.95. The first-order chi connectivity index (χ1) is 6.87. The Morgan fingerprint density at radius 2 is 2.07 bits per heavy atom. The summed E-state index contributed by atoms with van der Waals surface area (Å²) in [6.45, 7) is 5.85. The van der Waals surface area contributed by atoms with E-state index in [-0.39, 0.29) is 11.1 Å². The van der Waals surface area contributed by atoms with Crippen molar-refractivity contribution in [3.05, 3.63) is 0 Å². The molecule has 2 aliphatic rings. The summed E-state index contributed by atoms with van der Waals surface area (Å²) >= 11 is 0. The number of nitrogens with one attached hydrogen (secondary N) is 1. The maximum absolute atomic E-state index is 12.0. The van der Waals surface area contributed by atoms with Crippen LogP contribution in [-0.4, -0.2) is 54.1 Å². The summed E-state index contributed by atoms with van der Waals surface area (Å²) < 4.78 is 0. The lowest BCUT2D eigenvalue weighted by atomic mass is 10.0. The molecule has 0 atom stereocenters. The van der Waals surface area contributed by atoms with Gasteiger partial charge >= 0.3 is 0 Å². The topological polar surface area (TPSA) is 35.6 Å². The minimum absolute atomic E-state index is 0.0394.